The van der Waals surface area contributed by atoms with Crippen LogP contribution in [-0.2, 0) is 32.6 Å². The van der Waals surface area contributed by atoms with Gasteiger partial charge in [0.15, 0.2) is 0 Å². The van der Waals surface area contributed by atoms with Gasteiger partial charge >= 0.3 is 0 Å². The van der Waals surface area contributed by atoms with Crippen LogP contribution < -0.4 is 9.62 Å². The summed E-state index contributed by atoms with van der Waals surface area (Å²) in [4.78, 5) is 30.0. The molecule has 0 heterocycles. The molecule has 1 aliphatic carbocycles. The molecule has 4 aromatic rings. The van der Waals surface area contributed by atoms with E-state index in [1.54, 1.807) is 12.1 Å². The summed E-state index contributed by atoms with van der Waals surface area (Å²) in [6.07, 6.45) is 4.04. The van der Waals surface area contributed by atoms with Crippen LogP contribution in [0.3, 0.4) is 0 Å². The number of nitrogens with zero attached hydrogens (tertiary/aromatic N) is 2. The Kier molecular flexibility index (Phi) is 10.9. The van der Waals surface area contributed by atoms with E-state index in [1.165, 1.54) is 29.2 Å². The number of benzene rings is 4. The number of nitrogens with one attached hydrogen (secondary N) is 1. The van der Waals surface area contributed by atoms with Crippen molar-refractivity contribution in [1.82, 2.24) is 10.2 Å². The highest BCUT2D eigenvalue weighted by molar-refractivity contribution is 9.10. The highest BCUT2D eigenvalue weighted by Gasteiger charge is 2.35. The van der Waals surface area contributed by atoms with E-state index in [1.807, 2.05) is 61.5 Å². The predicted octanol–water partition coefficient (Wildman–Crippen LogP) is 6.79. The fourth-order valence-electron chi connectivity index (χ4n) is 5.68. The summed E-state index contributed by atoms with van der Waals surface area (Å²) >= 11 is 3.45. The van der Waals surface area contributed by atoms with Gasteiger partial charge in [0.2, 0.25) is 11.8 Å². The first kappa shape index (κ1) is 33.3. The smallest absolute Gasteiger partial charge is 0.264 e. The zero-order valence-electron chi connectivity index (χ0n) is 25.6. The molecule has 0 spiro atoms. The summed E-state index contributed by atoms with van der Waals surface area (Å²) in [6, 6.07) is 27.3. The number of aryl methyl sites for hydroxylation is 1. The average molecular weight is 707 g/mol. The van der Waals surface area contributed by atoms with Gasteiger partial charge in [0.25, 0.3) is 10.0 Å². The van der Waals surface area contributed by atoms with E-state index in [2.05, 4.69) is 21.2 Å². The van der Waals surface area contributed by atoms with E-state index >= 15 is 0 Å². The predicted molar refractivity (Wildman–Crippen MR) is 181 cm³/mol. The van der Waals surface area contributed by atoms with Crippen molar-refractivity contribution in [3.8, 4) is 0 Å². The maximum absolute atomic E-state index is 14.5. The molecular formula is C36H37BrFN3O4S. The Hall–Kier alpha value is -4.02. The van der Waals surface area contributed by atoms with E-state index in [-0.39, 0.29) is 35.5 Å². The van der Waals surface area contributed by atoms with Gasteiger partial charge in [-0.25, -0.2) is 12.8 Å². The van der Waals surface area contributed by atoms with Gasteiger partial charge in [-0.05, 0) is 79.4 Å². The van der Waals surface area contributed by atoms with Gasteiger partial charge in [0.1, 0.15) is 18.4 Å². The van der Waals surface area contributed by atoms with Gasteiger partial charge in [-0.15, -0.1) is 0 Å². The number of carbonyl (C=O) groups excluding carboxylic acids is 2. The Balaban J connectivity index is 1.55. The molecule has 240 valence electrons. The second kappa shape index (κ2) is 15.0. The van der Waals surface area contributed by atoms with Gasteiger partial charge in [-0.3, -0.25) is 13.9 Å². The highest BCUT2D eigenvalue weighted by atomic mass is 79.9. The van der Waals surface area contributed by atoms with Gasteiger partial charge in [-0.1, -0.05) is 88.9 Å². The Labute approximate surface area is 278 Å². The molecule has 0 unspecified atom stereocenters. The zero-order chi connectivity index (χ0) is 32.7. The molecule has 0 bridgehead atoms. The Morgan fingerprint density at radius 1 is 0.870 bits per heavy atom. The molecule has 0 saturated heterocycles. The summed E-state index contributed by atoms with van der Waals surface area (Å²) in [5.74, 6) is -1.38. The SMILES string of the molecule is Cc1ccc(S(=O)(=O)N(CC(=O)N(Cc2ccc(Br)cc2)[C@@H](Cc2ccccc2)C(=O)NC2CCCC2)c2ccc(F)cc2)cc1. The van der Waals surface area contributed by atoms with Gasteiger partial charge in [0, 0.05) is 23.5 Å². The van der Waals surface area contributed by atoms with Gasteiger partial charge in [-0.2, -0.15) is 0 Å². The number of carbonyl (C=O) groups is 2. The van der Waals surface area contributed by atoms with Crippen molar-refractivity contribution in [3.05, 3.63) is 130 Å². The number of amides is 2. The third kappa shape index (κ3) is 8.41. The lowest BCUT2D eigenvalue weighted by Crippen LogP contribution is -2.54. The van der Waals surface area contributed by atoms with Crippen LogP contribution in [0.25, 0.3) is 0 Å². The molecule has 1 atom stereocenters. The summed E-state index contributed by atoms with van der Waals surface area (Å²) in [5, 5.41) is 3.17. The molecule has 0 aliphatic heterocycles. The summed E-state index contributed by atoms with van der Waals surface area (Å²) in [6.45, 7) is 1.32. The Morgan fingerprint density at radius 2 is 1.50 bits per heavy atom. The maximum atomic E-state index is 14.5. The number of anilines is 1. The van der Waals surface area contributed by atoms with E-state index in [4.69, 9.17) is 0 Å². The number of rotatable bonds is 12. The highest BCUT2D eigenvalue weighted by Crippen LogP contribution is 2.26. The average Bonchev–Trinajstić information content (AvgIpc) is 3.56. The lowest BCUT2D eigenvalue weighted by Gasteiger charge is -2.34. The van der Waals surface area contributed by atoms with Crippen LogP contribution >= 0.6 is 15.9 Å². The standard InChI is InChI=1S/C36H37BrFN3O4S/c1-26-11-21-33(22-12-26)46(44,45)41(32-19-17-30(38)18-20-32)25-35(42)40(24-28-13-15-29(37)16-14-28)34(23-27-7-3-2-4-8-27)36(43)39-31-9-5-6-10-31/h2-4,7-8,11-22,31,34H,5-6,9-10,23-25H2,1H3,(H,39,43)/t34-/m0/s1. The topological polar surface area (TPSA) is 86.8 Å². The van der Waals surface area contributed by atoms with Crippen molar-refractivity contribution in [1.29, 1.82) is 0 Å². The van der Waals surface area contributed by atoms with Crippen molar-refractivity contribution in [2.45, 2.75) is 62.6 Å². The number of hydrogen-bond acceptors (Lipinski definition) is 4. The maximum Gasteiger partial charge on any atom is 0.264 e. The number of sulfonamides is 1. The molecule has 1 N–H and O–H groups in total. The summed E-state index contributed by atoms with van der Waals surface area (Å²) in [7, 11) is -4.26. The van der Waals surface area contributed by atoms with Crippen LogP contribution in [0, 0.1) is 12.7 Å². The first-order valence-electron chi connectivity index (χ1n) is 15.3. The molecule has 46 heavy (non-hydrogen) atoms. The fourth-order valence-corrected chi connectivity index (χ4v) is 7.36. The molecule has 5 rings (SSSR count). The number of hydrogen-bond donors (Lipinski definition) is 1. The third-order valence-corrected chi connectivity index (χ3v) is 10.6. The minimum Gasteiger partial charge on any atom is -0.352 e. The van der Waals surface area contributed by atoms with E-state index in [9.17, 15) is 22.4 Å². The van der Waals surface area contributed by atoms with Crippen molar-refractivity contribution in [2.24, 2.45) is 0 Å². The van der Waals surface area contributed by atoms with Gasteiger partial charge < -0.3 is 10.2 Å². The first-order chi connectivity index (χ1) is 22.1. The molecule has 7 nitrogen and oxygen atoms in total. The van der Waals surface area contributed by atoms with Crippen molar-refractivity contribution < 1.29 is 22.4 Å². The fraction of sp³-hybridized carbons (Fsp3) is 0.278. The van der Waals surface area contributed by atoms with Crippen LogP contribution in [0.1, 0.15) is 42.4 Å². The van der Waals surface area contributed by atoms with E-state index in [0.29, 0.717) is 0 Å². The van der Waals surface area contributed by atoms with Crippen LogP contribution in [0.5, 0.6) is 0 Å². The third-order valence-electron chi connectivity index (χ3n) is 8.24. The summed E-state index contributed by atoms with van der Waals surface area (Å²) < 4.78 is 44.0. The van der Waals surface area contributed by atoms with Crippen LogP contribution in [0.4, 0.5) is 10.1 Å². The first-order valence-corrected chi connectivity index (χ1v) is 17.6. The normalized spacial score (nSPS) is 14.1. The molecule has 0 aromatic heterocycles. The zero-order valence-corrected chi connectivity index (χ0v) is 28.0. The molecule has 1 aliphatic rings. The molecule has 4 aromatic carbocycles. The van der Waals surface area contributed by atoms with E-state index in [0.717, 1.165) is 63.3 Å². The molecule has 0 radical (unpaired) electrons. The quantitative estimate of drug-likeness (QED) is 0.176. The Morgan fingerprint density at radius 3 is 2.13 bits per heavy atom. The van der Waals surface area contributed by atoms with E-state index < -0.39 is 34.3 Å². The molecule has 1 fully saturated rings. The van der Waals surface area contributed by atoms with Crippen LogP contribution in [-0.4, -0.2) is 43.8 Å². The monoisotopic (exact) mass is 705 g/mol. The van der Waals surface area contributed by atoms with Crippen molar-refractivity contribution >= 4 is 43.5 Å². The minimum absolute atomic E-state index is 0.00510. The van der Waals surface area contributed by atoms with Crippen LogP contribution in [0.2, 0.25) is 0 Å². The lowest BCUT2D eigenvalue weighted by molar-refractivity contribution is -0.140. The largest absolute Gasteiger partial charge is 0.352 e. The van der Waals surface area contributed by atoms with Crippen LogP contribution in [0.15, 0.2) is 112 Å². The second-order valence-corrected chi connectivity index (χ2v) is 14.4. The lowest BCUT2D eigenvalue weighted by atomic mass is 10.0. The second-order valence-electron chi connectivity index (χ2n) is 11.6. The molecular weight excluding hydrogens is 669 g/mol. The summed E-state index contributed by atoms with van der Waals surface area (Å²) in [5.41, 5.74) is 2.65. The molecule has 2 amide bonds. The van der Waals surface area contributed by atoms with Gasteiger partial charge in [0.05, 0.1) is 10.6 Å². The Bertz CT molecular complexity index is 1730. The molecule has 1 saturated carbocycles. The number of halogens is 2. The van der Waals surface area contributed by atoms with Crippen molar-refractivity contribution in [3.63, 3.8) is 0 Å². The molecule has 10 heteroatoms. The van der Waals surface area contributed by atoms with Crippen molar-refractivity contribution in [2.75, 3.05) is 10.8 Å². The minimum atomic E-state index is -4.26.